The van der Waals surface area contributed by atoms with Crippen molar-refractivity contribution in [1.82, 2.24) is 14.3 Å². The molecule has 24 heavy (non-hydrogen) atoms. The van der Waals surface area contributed by atoms with Gasteiger partial charge in [0.05, 0.1) is 22.3 Å². The Hall–Kier alpha value is -3.52. The fourth-order valence-corrected chi connectivity index (χ4v) is 3.02. The number of nitriles is 1. The molecule has 2 N–H and O–H groups in total. The minimum atomic E-state index is 0.405. The molecule has 5 nitrogen and oxygen atoms in total. The highest BCUT2D eigenvalue weighted by atomic mass is 15.5. The lowest BCUT2D eigenvalue weighted by molar-refractivity contribution is 0.676. The molecule has 0 bridgehead atoms. The lowest BCUT2D eigenvalue weighted by atomic mass is 10.1. The van der Waals surface area contributed by atoms with Crippen molar-refractivity contribution in [3.63, 3.8) is 0 Å². The number of hydrogen-bond acceptors (Lipinski definition) is 3. The first-order valence-electron chi connectivity index (χ1n) is 7.62. The van der Waals surface area contributed by atoms with E-state index in [1.54, 1.807) is 0 Å². The van der Waals surface area contributed by atoms with Crippen molar-refractivity contribution in [3.8, 4) is 17.3 Å². The monoisotopic (exact) mass is 313 g/mol. The fourth-order valence-electron chi connectivity index (χ4n) is 3.02. The second-order valence-electron chi connectivity index (χ2n) is 5.58. The maximum absolute atomic E-state index is 9.41. The molecule has 0 saturated carbocycles. The number of rotatable bonds is 2. The van der Waals surface area contributed by atoms with Crippen LogP contribution in [0.15, 0.2) is 60.7 Å². The van der Waals surface area contributed by atoms with Crippen molar-refractivity contribution in [2.45, 2.75) is 6.92 Å². The zero-order valence-corrected chi connectivity index (χ0v) is 13.1. The number of nitrogens with two attached hydrogens (primary N) is 1. The minimum Gasteiger partial charge on any atom is -0.383 e. The van der Waals surface area contributed by atoms with Crippen LogP contribution in [0.5, 0.6) is 0 Å². The molecule has 0 aliphatic rings. The van der Waals surface area contributed by atoms with E-state index in [2.05, 4.69) is 11.1 Å². The van der Waals surface area contributed by atoms with E-state index in [4.69, 9.17) is 5.73 Å². The second-order valence-corrected chi connectivity index (χ2v) is 5.58. The standard InChI is InChI=1S/C19H15N5/c1-13-22-16-9-5-6-10-17(16)23(13)24-18(11-15(12-20)19(24)21)14-7-3-2-4-8-14/h2-11H,21H2,1H3. The van der Waals surface area contributed by atoms with E-state index in [9.17, 15) is 5.26 Å². The van der Waals surface area contributed by atoms with E-state index < -0.39 is 0 Å². The van der Waals surface area contributed by atoms with Crippen LogP contribution in [0.2, 0.25) is 0 Å². The molecule has 0 atom stereocenters. The molecule has 0 amide bonds. The average Bonchev–Trinajstić information content (AvgIpc) is 3.11. The molecular weight excluding hydrogens is 298 g/mol. The Morgan fingerprint density at radius 2 is 1.71 bits per heavy atom. The van der Waals surface area contributed by atoms with Crippen LogP contribution in [-0.2, 0) is 0 Å². The third-order valence-electron chi connectivity index (χ3n) is 4.10. The highest BCUT2D eigenvalue weighted by Crippen LogP contribution is 2.30. The first kappa shape index (κ1) is 14.1. The molecule has 0 aliphatic carbocycles. The van der Waals surface area contributed by atoms with E-state index >= 15 is 0 Å². The minimum absolute atomic E-state index is 0.405. The van der Waals surface area contributed by atoms with Crippen molar-refractivity contribution in [3.05, 3.63) is 72.1 Å². The summed E-state index contributed by atoms with van der Waals surface area (Å²) >= 11 is 0. The van der Waals surface area contributed by atoms with Gasteiger partial charge in [-0.25, -0.2) is 14.3 Å². The lowest BCUT2D eigenvalue weighted by Gasteiger charge is -2.15. The number of imidazole rings is 1. The molecule has 116 valence electrons. The van der Waals surface area contributed by atoms with Crippen molar-refractivity contribution >= 4 is 16.9 Å². The van der Waals surface area contributed by atoms with Gasteiger partial charge in [0.1, 0.15) is 17.7 Å². The van der Waals surface area contributed by atoms with Crippen LogP contribution >= 0.6 is 0 Å². The maximum atomic E-state index is 9.41. The number of hydrogen-bond donors (Lipinski definition) is 1. The average molecular weight is 313 g/mol. The topological polar surface area (TPSA) is 72.6 Å². The van der Waals surface area contributed by atoms with Crippen molar-refractivity contribution in [1.29, 1.82) is 5.26 Å². The van der Waals surface area contributed by atoms with Gasteiger partial charge in [0.2, 0.25) is 0 Å². The third-order valence-corrected chi connectivity index (χ3v) is 4.10. The van der Waals surface area contributed by atoms with Gasteiger partial charge in [0, 0.05) is 5.56 Å². The Morgan fingerprint density at radius 1 is 1.00 bits per heavy atom. The molecule has 2 heterocycles. The van der Waals surface area contributed by atoms with Gasteiger partial charge in [-0.2, -0.15) is 5.26 Å². The van der Waals surface area contributed by atoms with Gasteiger partial charge in [0.25, 0.3) is 0 Å². The maximum Gasteiger partial charge on any atom is 0.142 e. The van der Waals surface area contributed by atoms with E-state index in [-0.39, 0.29) is 0 Å². The Labute approximate surface area is 139 Å². The molecule has 0 aliphatic heterocycles. The van der Waals surface area contributed by atoms with Crippen LogP contribution in [0.1, 0.15) is 11.4 Å². The highest BCUT2D eigenvalue weighted by molar-refractivity contribution is 5.77. The van der Waals surface area contributed by atoms with Gasteiger partial charge >= 0.3 is 0 Å². The first-order chi connectivity index (χ1) is 11.7. The van der Waals surface area contributed by atoms with Gasteiger partial charge in [-0.1, -0.05) is 42.5 Å². The summed E-state index contributed by atoms with van der Waals surface area (Å²) < 4.78 is 3.81. The molecular formula is C19H15N5. The summed E-state index contributed by atoms with van der Waals surface area (Å²) in [5.74, 6) is 1.21. The van der Waals surface area contributed by atoms with Crippen molar-refractivity contribution in [2.75, 3.05) is 5.73 Å². The van der Waals surface area contributed by atoms with Crippen molar-refractivity contribution in [2.24, 2.45) is 0 Å². The Kier molecular flexibility index (Phi) is 3.10. The molecule has 0 fully saturated rings. The number of nitrogens with zero attached hydrogens (tertiary/aromatic N) is 4. The first-order valence-corrected chi connectivity index (χ1v) is 7.62. The summed E-state index contributed by atoms with van der Waals surface area (Å²) in [4.78, 5) is 4.60. The Morgan fingerprint density at radius 3 is 2.46 bits per heavy atom. The molecule has 0 radical (unpaired) electrons. The molecule has 4 rings (SSSR count). The molecule has 2 aromatic heterocycles. The fraction of sp³-hybridized carbons (Fsp3) is 0.0526. The number of nitrogen functional groups attached to an aromatic ring is 1. The largest absolute Gasteiger partial charge is 0.383 e. The van der Waals surface area contributed by atoms with Crippen LogP contribution in [0.25, 0.3) is 22.3 Å². The number of para-hydroxylation sites is 2. The summed E-state index contributed by atoms with van der Waals surface area (Å²) in [6.07, 6.45) is 0. The molecule has 0 saturated heterocycles. The van der Waals surface area contributed by atoms with E-state index in [1.165, 1.54) is 0 Å². The Balaban J connectivity index is 2.10. The summed E-state index contributed by atoms with van der Waals surface area (Å²) in [5, 5.41) is 9.41. The van der Waals surface area contributed by atoms with Gasteiger partial charge in [-0.15, -0.1) is 0 Å². The van der Waals surface area contributed by atoms with E-state index in [0.717, 1.165) is 28.1 Å². The predicted octanol–water partition coefficient (Wildman–Crippen LogP) is 3.58. The van der Waals surface area contributed by atoms with Gasteiger partial charge in [-0.05, 0) is 25.1 Å². The Bertz CT molecular complexity index is 1080. The SMILES string of the molecule is Cc1nc2ccccc2n1-n1c(-c2ccccc2)cc(C#N)c1N. The molecule has 0 unspecified atom stereocenters. The summed E-state index contributed by atoms with van der Waals surface area (Å²) in [6.45, 7) is 1.93. The number of aromatic nitrogens is 3. The second kappa shape index (κ2) is 5.28. The zero-order chi connectivity index (χ0) is 16.7. The van der Waals surface area contributed by atoms with Gasteiger partial charge < -0.3 is 5.73 Å². The smallest absolute Gasteiger partial charge is 0.142 e. The lowest BCUT2D eigenvalue weighted by Crippen LogP contribution is -2.15. The third kappa shape index (κ3) is 1.97. The quantitative estimate of drug-likeness (QED) is 0.615. The molecule has 2 aromatic carbocycles. The van der Waals surface area contributed by atoms with Crippen LogP contribution in [0.4, 0.5) is 5.82 Å². The van der Waals surface area contributed by atoms with Gasteiger partial charge in [-0.3, -0.25) is 0 Å². The van der Waals surface area contributed by atoms with E-state index in [1.807, 2.05) is 76.9 Å². The van der Waals surface area contributed by atoms with Crippen LogP contribution in [0, 0.1) is 18.3 Å². The zero-order valence-electron chi connectivity index (χ0n) is 13.1. The number of anilines is 1. The summed E-state index contributed by atoms with van der Waals surface area (Å²) in [7, 11) is 0. The summed E-state index contributed by atoms with van der Waals surface area (Å²) in [6, 6.07) is 21.8. The number of aryl methyl sites for hydroxylation is 1. The van der Waals surface area contributed by atoms with Crippen LogP contribution in [-0.4, -0.2) is 14.3 Å². The number of benzene rings is 2. The normalized spacial score (nSPS) is 10.8. The predicted molar refractivity (Wildman–Crippen MR) is 94.3 cm³/mol. The molecule has 0 spiro atoms. The molecule has 4 aromatic rings. The van der Waals surface area contributed by atoms with Gasteiger partial charge in [0.15, 0.2) is 0 Å². The summed E-state index contributed by atoms with van der Waals surface area (Å²) in [5.41, 5.74) is 10.4. The van der Waals surface area contributed by atoms with E-state index in [0.29, 0.717) is 11.4 Å². The van der Waals surface area contributed by atoms with Crippen LogP contribution in [0.3, 0.4) is 0 Å². The number of fused-ring (bicyclic) bond motifs is 1. The van der Waals surface area contributed by atoms with Crippen molar-refractivity contribution < 1.29 is 0 Å². The van der Waals surface area contributed by atoms with Crippen LogP contribution < -0.4 is 5.73 Å². The highest BCUT2D eigenvalue weighted by Gasteiger charge is 2.19. The molecule has 5 heteroatoms.